The van der Waals surface area contributed by atoms with Crippen LogP contribution in [0.15, 0.2) is 47.3 Å². The monoisotopic (exact) mass is 374 g/mol. The fourth-order valence-corrected chi connectivity index (χ4v) is 3.02. The molecule has 0 amide bonds. The number of allylic oxidation sites excluding steroid dienone is 2. The van der Waals surface area contributed by atoms with Gasteiger partial charge < -0.3 is 14.7 Å². The predicted octanol–water partition coefficient (Wildman–Crippen LogP) is 3.43. The average Bonchev–Trinajstić information content (AvgIpc) is 2.99. The fourth-order valence-electron chi connectivity index (χ4n) is 3.02. The van der Waals surface area contributed by atoms with E-state index in [4.69, 9.17) is 15.3 Å². The molecular weight excluding hydrogens is 352 g/mol. The van der Waals surface area contributed by atoms with Crippen LogP contribution >= 0.6 is 0 Å². The smallest absolute Gasteiger partial charge is 0.172 e. The van der Waals surface area contributed by atoms with Crippen molar-refractivity contribution in [3.8, 4) is 18.2 Å². The lowest BCUT2D eigenvalue weighted by atomic mass is 10.0. The first-order valence-corrected chi connectivity index (χ1v) is 8.93. The molecule has 1 heterocycles. The minimum atomic E-state index is -0.610. The van der Waals surface area contributed by atoms with Gasteiger partial charge in [0.05, 0.1) is 17.9 Å². The summed E-state index contributed by atoms with van der Waals surface area (Å²) in [6, 6.07) is 11.4. The van der Waals surface area contributed by atoms with Crippen molar-refractivity contribution in [1.29, 1.82) is 15.8 Å². The number of benzene rings is 1. The van der Waals surface area contributed by atoms with Gasteiger partial charge in [-0.1, -0.05) is 18.2 Å². The minimum Gasteiger partial charge on any atom is -0.481 e. The molecule has 0 unspecified atom stereocenters. The molecule has 6 heteroatoms. The Bertz CT molecular complexity index is 950. The first-order valence-electron chi connectivity index (χ1n) is 8.93. The molecule has 0 bridgehead atoms. The highest BCUT2D eigenvalue weighted by Crippen LogP contribution is 2.34. The number of aliphatic hydroxyl groups excluding tert-OH is 1. The van der Waals surface area contributed by atoms with Gasteiger partial charge in [0.15, 0.2) is 11.3 Å². The molecule has 0 saturated carbocycles. The maximum atomic E-state index is 9.51. The van der Waals surface area contributed by atoms with Crippen LogP contribution in [0.25, 0.3) is 6.08 Å². The highest BCUT2D eigenvalue weighted by atomic mass is 16.5. The van der Waals surface area contributed by atoms with E-state index < -0.39 is 5.60 Å². The van der Waals surface area contributed by atoms with Crippen LogP contribution in [0.4, 0.5) is 5.69 Å². The molecule has 1 aromatic rings. The van der Waals surface area contributed by atoms with Crippen molar-refractivity contribution in [3.63, 3.8) is 0 Å². The molecule has 0 aliphatic carbocycles. The van der Waals surface area contributed by atoms with Crippen molar-refractivity contribution < 1.29 is 9.84 Å². The Hall–Kier alpha value is -3.53. The summed E-state index contributed by atoms with van der Waals surface area (Å²) in [5.74, 6) is 0.267. The summed E-state index contributed by atoms with van der Waals surface area (Å²) in [7, 11) is 0. The molecule has 142 valence electrons. The normalized spacial score (nSPS) is 14.6. The predicted molar refractivity (Wildman–Crippen MR) is 107 cm³/mol. The van der Waals surface area contributed by atoms with Crippen molar-refractivity contribution in [3.05, 3.63) is 58.4 Å². The van der Waals surface area contributed by atoms with E-state index in [1.807, 2.05) is 62.1 Å². The third-order valence-corrected chi connectivity index (χ3v) is 4.27. The van der Waals surface area contributed by atoms with Crippen LogP contribution < -0.4 is 4.90 Å². The van der Waals surface area contributed by atoms with E-state index >= 15 is 0 Å². The Kier molecular flexibility index (Phi) is 6.61. The van der Waals surface area contributed by atoms with Gasteiger partial charge in [0.25, 0.3) is 0 Å². The second-order valence-electron chi connectivity index (χ2n) is 6.76. The summed E-state index contributed by atoms with van der Waals surface area (Å²) in [4.78, 5) is 1.94. The second-order valence-corrected chi connectivity index (χ2v) is 6.76. The number of aliphatic hydroxyl groups is 1. The molecule has 0 atom stereocenters. The topological polar surface area (TPSA) is 104 Å². The molecule has 1 aromatic carbocycles. The van der Waals surface area contributed by atoms with E-state index in [-0.39, 0.29) is 17.9 Å². The highest BCUT2D eigenvalue weighted by Gasteiger charge is 2.30. The number of ether oxygens (including phenoxy) is 1. The number of hydrogen-bond donors (Lipinski definition) is 1. The number of nitriles is 3. The summed E-state index contributed by atoms with van der Waals surface area (Å²) in [6.07, 6.45) is 5.45. The average molecular weight is 374 g/mol. The number of hydrogen-bond acceptors (Lipinski definition) is 6. The standard InChI is InChI=1S/C22H22N4O2/c1-4-26(9-10-27)20-8-6-16(11-18(20)13-23)5-7-17-12-22(2,3)28-21(17)19(14-24)15-25/h5-8,11-12,27H,4,9-10H2,1-3H3. The van der Waals surface area contributed by atoms with E-state index in [0.717, 1.165) is 11.3 Å². The molecule has 0 aromatic heterocycles. The summed E-state index contributed by atoms with van der Waals surface area (Å²) >= 11 is 0. The fraction of sp³-hybridized carbons (Fsp3) is 0.318. The Morgan fingerprint density at radius 3 is 2.50 bits per heavy atom. The van der Waals surface area contributed by atoms with E-state index in [2.05, 4.69) is 6.07 Å². The van der Waals surface area contributed by atoms with Gasteiger partial charge in [-0.05, 0) is 44.5 Å². The van der Waals surface area contributed by atoms with E-state index in [0.29, 0.717) is 24.2 Å². The van der Waals surface area contributed by atoms with Gasteiger partial charge in [-0.3, -0.25) is 0 Å². The summed E-state index contributed by atoms with van der Waals surface area (Å²) in [5, 5.41) is 37.0. The van der Waals surface area contributed by atoms with Crippen LogP contribution in [0.5, 0.6) is 0 Å². The van der Waals surface area contributed by atoms with Crippen LogP contribution in [0, 0.1) is 34.0 Å². The highest BCUT2D eigenvalue weighted by molar-refractivity contribution is 5.67. The molecule has 2 rings (SSSR count). The van der Waals surface area contributed by atoms with E-state index in [9.17, 15) is 10.4 Å². The molecule has 0 saturated heterocycles. The number of anilines is 1. The van der Waals surface area contributed by atoms with Crippen LogP contribution in [0.1, 0.15) is 31.9 Å². The summed E-state index contributed by atoms with van der Waals surface area (Å²) in [5.41, 5.74) is 2.07. The van der Waals surface area contributed by atoms with Crippen molar-refractivity contribution in [2.75, 3.05) is 24.6 Å². The number of nitrogens with zero attached hydrogens (tertiary/aromatic N) is 4. The molecule has 1 N–H and O–H groups in total. The zero-order valence-corrected chi connectivity index (χ0v) is 16.2. The molecule has 0 fully saturated rings. The van der Waals surface area contributed by atoms with Crippen molar-refractivity contribution in [2.45, 2.75) is 26.4 Å². The molecule has 0 radical (unpaired) electrons. The zero-order chi connectivity index (χ0) is 20.7. The Balaban J connectivity index is 2.39. The molecule has 28 heavy (non-hydrogen) atoms. The molecule has 1 aliphatic rings. The second kappa shape index (κ2) is 8.91. The summed E-state index contributed by atoms with van der Waals surface area (Å²) in [6.45, 7) is 6.82. The van der Waals surface area contributed by atoms with Gasteiger partial charge in [-0.25, -0.2) is 0 Å². The van der Waals surface area contributed by atoms with E-state index in [1.54, 1.807) is 12.1 Å². The van der Waals surface area contributed by atoms with E-state index in [1.165, 1.54) is 0 Å². The lowest BCUT2D eigenvalue weighted by molar-refractivity contribution is 0.102. The van der Waals surface area contributed by atoms with Gasteiger partial charge in [-0.2, -0.15) is 15.8 Å². The number of rotatable bonds is 6. The quantitative estimate of drug-likeness (QED) is 0.765. The van der Waals surface area contributed by atoms with Gasteiger partial charge in [-0.15, -0.1) is 0 Å². The third-order valence-electron chi connectivity index (χ3n) is 4.27. The molecule has 1 aliphatic heterocycles. The van der Waals surface area contributed by atoms with Crippen LogP contribution in [0.2, 0.25) is 0 Å². The molecular formula is C22H22N4O2. The lowest BCUT2D eigenvalue weighted by Crippen LogP contribution is -2.26. The lowest BCUT2D eigenvalue weighted by Gasteiger charge is -2.23. The molecule has 6 nitrogen and oxygen atoms in total. The maximum absolute atomic E-state index is 9.51. The van der Waals surface area contributed by atoms with Crippen molar-refractivity contribution in [2.24, 2.45) is 0 Å². The first-order chi connectivity index (χ1) is 13.4. The Morgan fingerprint density at radius 2 is 1.93 bits per heavy atom. The first kappa shape index (κ1) is 20.8. The largest absolute Gasteiger partial charge is 0.481 e. The van der Waals surface area contributed by atoms with Crippen molar-refractivity contribution >= 4 is 11.8 Å². The zero-order valence-electron chi connectivity index (χ0n) is 16.2. The Labute approximate surface area is 165 Å². The maximum Gasteiger partial charge on any atom is 0.172 e. The van der Waals surface area contributed by atoms with Crippen molar-refractivity contribution in [1.82, 2.24) is 0 Å². The third kappa shape index (κ3) is 4.60. The van der Waals surface area contributed by atoms with Gasteiger partial charge in [0, 0.05) is 18.7 Å². The van der Waals surface area contributed by atoms with Crippen LogP contribution in [-0.2, 0) is 4.74 Å². The van der Waals surface area contributed by atoms with Gasteiger partial charge >= 0.3 is 0 Å². The number of likely N-dealkylation sites (N-methyl/N-ethyl adjacent to an activating group) is 1. The Morgan fingerprint density at radius 1 is 1.21 bits per heavy atom. The van der Waals surface area contributed by atoms with Crippen LogP contribution in [0.3, 0.4) is 0 Å². The van der Waals surface area contributed by atoms with Gasteiger partial charge in [0.2, 0.25) is 0 Å². The van der Waals surface area contributed by atoms with Crippen LogP contribution in [-0.4, -0.2) is 30.4 Å². The SMILES string of the molecule is CCN(CCO)c1ccc(C=CC2=CC(C)(C)OC2=C(C#N)C#N)cc1C#N. The molecule has 0 spiro atoms. The summed E-state index contributed by atoms with van der Waals surface area (Å²) < 4.78 is 5.74. The van der Waals surface area contributed by atoms with Gasteiger partial charge in [0.1, 0.15) is 23.8 Å². The minimum absolute atomic E-state index is 0.0134.